The Balaban J connectivity index is 1.93. The van der Waals surface area contributed by atoms with Crippen molar-refractivity contribution in [2.75, 3.05) is 11.9 Å². The van der Waals surface area contributed by atoms with Gasteiger partial charge in [0.1, 0.15) is 12.3 Å². The fourth-order valence-electron chi connectivity index (χ4n) is 2.66. The smallest absolute Gasteiger partial charge is 0.297 e. The van der Waals surface area contributed by atoms with Gasteiger partial charge in [0.05, 0.1) is 11.1 Å². The minimum absolute atomic E-state index is 0.161. The Labute approximate surface area is 138 Å². The van der Waals surface area contributed by atoms with E-state index in [1.165, 1.54) is 4.90 Å². The van der Waals surface area contributed by atoms with Gasteiger partial charge in [0.25, 0.3) is 5.56 Å². The Morgan fingerprint density at radius 2 is 2.04 bits per heavy atom. The summed E-state index contributed by atoms with van der Waals surface area (Å²) >= 11 is 0. The molecule has 3 rings (SSSR count). The topological polar surface area (TPSA) is 81.2 Å². The number of aromatic nitrogens is 3. The molecule has 3 aromatic rings. The van der Waals surface area contributed by atoms with E-state index in [1.807, 2.05) is 31.2 Å². The number of hydrogen-bond donors (Lipinski definition) is 0. The van der Waals surface area contributed by atoms with Crippen LogP contribution in [0.5, 0.6) is 0 Å². The normalized spacial score (nSPS) is 11.0. The molecule has 0 N–H and O–H groups in total. The van der Waals surface area contributed by atoms with E-state index in [9.17, 15) is 9.59 Å². The molecule has 0 spiro atoms. The minimum atomic E-state index is -0.432. The number of carbonyl (C=O) groups excluding carboxylic acids is 1. The number of aryl methyl sites for hydroxylation is 3. The number of benzene rings is 1. The van der Waals surface area contributed by atoms with Crippen LogP contribution in [0.2, 0.25) is 0 Å². The van der Waals surface area contributed by atoms with Gasteiger partial charge < -0.3 is 9.42 Å². The van der Waals surface area contributed by atoms with E-state index < -0.39 is 5.56 Å². The van der Waals surface area contributed by atoms with E-state index in [2.05, 4.69) is 10.3 Å². The van der Waals surface area contributed by atoms with Gasteiger partial charge in [0.15, 0.2) is 5.52 Å². The highest BCUT2D eigenvalue weighted by Crippen LogP contribution is 2.17. The highest BCUT2D eigenvalue weighted by Gasteiger charge is 2.18. The van der Waals surface area contributed by atoms with Crippen molar-refractivity contribution in [1.82, 2.24) is 14.9 Å². The Hall–Kier alpha value is -2.96. The number of rotatable bonds is 3. The van der Waals surface area contributed by atoms with Crippen LogP contribution in [-0.4, -0.2) is 27.9 Å². The van der Waals surface area contributed by atoms with Crippen LogP contribution in [0.4, 0.5) is 5.69 Å². The molecule has 2 aromatic heterocycles. The van der Waals surface area contributed by atoms with Crippen LogP contribution in [-0.2, 0) is 11.3 Å². The van der Waals surface area contributed by atoms with Gasteiger partial charge in [-0.15, -0.1) is 0 Å². The summed E-state index contributed by atoms with van der Waals surface area (Å²) in [7, 11) is 1.67. The molecule has 0 atom stereocenters. The van der Waals surface area contributed by atoms with Gasteiger partial charge in [-0.1, -0.05) is 17.3 Å². The molecule has 0 aliphatic heterocycles. The molecule has 7 heteroatoms. The van der Waals surface area contributed by atoms with Gasteiger partial charge in [-0.05, 0) is 38.5 Å². The molecular formula is C17H18N4O3. The van der Waals surface area contributed by atoms with E-state index in [1.54, 1.807) is 20.9 Å². The summed E-state index contributed by atoms with van der Waals surface area (Å²) < 4.78 is 6.20. The maximum Gasteiger partial charge on any atom is 0.297 e. The van der Waals surface area contributed by atoms with Crippen LogP contribution in [0.15, 0.2) is 33.6 Å². The molecule has 0 unspecified atom stereocenters. The summed E-state index contributed by atoms with van der Waals surface area (Å²) in [6.07, 6.45) is 0. The van der Waals surface area contributed by atoms with Crippen molar-refractivity contribution in [2.24, 2.45) is 0 Å². The predicted molar refractivity (Wildman–Crippen MR) is 90.1 cm³/mol. The van der Waals surface area contributed by atoms with Gasteiger partial charge in [-0.3, -0.25) is 9.59 Å². The minimum Gasteiger partial charge on any atom is -0.360 e. The molecule has 24 heavy (non-hydrogen) atoms. The van der Waals surface area contributed by atoms with Crippen molar-refractivity contribution in [1.29, 1.82) is 0 Å². The summed E-state index contributed by atoms with van der Waals surface area (Å²) in [6, 6.07) is 7.59. The molecule has 1 aromatic carbocycles. The first-order valence-corrected chi connectivity index (χ1v) is 7.55. The van der Waals surface area contributed by atoms with Crippen molar-refractivity contribution >= 4 is 22.5 Å². The number of hydrogen-bond acceptors (Lipinski definition) is 5. The number of carbonyl (C=O) groups is 1. The van der Waals surface area contributed by atoms with E-state index in [-0.39, 0.29) is 18.0 Å². The standard InChI is InChI=1S/C17H18N4O3/c1-10-6-5-7-13(8-10)20(4)14(22)9-21-17(23)16-15(11(2)18-21)12(3)24-19-16/h5-8H,9H2,1-4H3. The van der Waals surface area contributed by atoms with Crippen LogP contribution in [0.3, 0.4) is 0 Å². The van der Waals surface area contributed by atoms with Gasteiger partial charge in [0, 0.05) is 12.7 Å². The number of fused-ring (bicyclic) bond motifs is 1. The van der Waals surface area contributed by atoms with E-state index in [0.29, 0.717) is 16.8 Å². The Bertz CT molecular complexity index is 987. The third-order valence-corrected chi connectivity index (χ3v) is 3.98. The zero-order valence-electron chi connectivity index (χ0n) is 14.0. The fourth-order valence-corrected chi connectivity index (χ4v) is 2.66. The first-order valence-electron chi connectivity index (χ1n) is 7.55. The Morgan fingerprint density at radius 1 is 1.29 bits per heavy atom. The summed E-state index contributed by atoms with van der Waals surface area (Å²) in [6.45, 7) is 5.28. The maximum absolute atomic E-state index is 12.5. The summed E-state index contributed by atoms with van der Waals surface area (Å²) in [5, 5.41) is 8.62. The monoisotopic (exact) mass is 326 g/mol. The maximum atomic E-state index is 12.5. The summed E-state index contributed by atoms with van der Waals surface area (Å²) in [4.78, 5) is 26.5. The van der Waals surface area contributed by atoms with Gasteiger partial charge >= 0.3 is 0 Å². The zero-order chi connectivity index (χ0) is 17.4. The lowest BCUT2D eigenvalue weighted by molar-refractivity contribution is -0.119. The van der Waals surface area contributed by atoms with Gasteiger partial charge in [0.2, 0.25) is 5.91 Å². The number of nitrogens with zero attached hydrogens (tertiary/aromatic N) is 4. The lowest BCUT2D eigenvalue weighted by Gasteiger charge is -2.18. The lowest BCUT2D eigenvalue weighted by atomic mass is 10.2. The second kappa shape index (κ2) is 5.92. The Morgan fingerprint density at radius 3 is 2.75 bits per heavy atom. The average Bonchev–Trinajstić information content (AvgIpc) is 2.94. The van der Waals surface area contributed by atoms with E-state index >= 15 is 0 Å². The zero-order valence-corrected chi connectivity index (χ0v) is 14.0. The van der Waals surface area contributed by atoms with E-state index in [4.69, 9.17) is 4.52 Å². The van der Waals surface area contributed by atoms with Gasteiger partial charge in [-0.2, -0.15) is 5.10 Å². The third kappa shape index (κ3) is 2.68. The van der Waals surface area contributed by atoms with Crippen molar-refractivity contribution in [3.05, 3.63) is 51.6 Å². The van der Waals surface area contributed by atoms with Crippen LogP contribution < -0.4 is 10.5 Å². The molecule has 2 heterocycles. The summed E-state index contributed by atoms with van der Waals surface area (Å²) in [5.74, 6) is 0.302. The molecule has 1 amide bonds. The van der Waals surface area contributed by atoms with Crippen LogP contribution in [0, 0.1) is 20.8 Å². The third-order valence-electron chi connectivity index (χ3n) is 3.98. The molecule has 0 saturated carbocycles. The number of amides is 1. The van der Waals surface area contributed by atoms with Crippen molar-refractivity contribution in [3.8, 4) is 0 Å². The molecule has 0 aliphatic carbocycles. The number of likely N-dealkylation sites (N-methyl/N-ethyl adjacent to an activating group) is 1. The van der Waals surface area contributed by atoms with E-state index in [0.717, 1.165) is 15.9 Å². The second-order valence-electron chi connectivity index (χ2n) is 5.80. The Kier molecular flexibility index (Phi) is 3.92. The molecule has 7 nitrogen and oxygen atoms in total. The first kappa shape index (κ1) is 15.9. The molecule has 0 bridgehead atoms. The molecule has 0 saturated heterocycles. The SMILES string of the molecule is Cc1cccc(N(C)C(=O)Cn2nc(C)c3c(C)onc3c2=O)c1. The first-order chi connectivity index (χ1) is 11.4. The molecular weight excluding hydrogens is 308 g/mol. The summed E-state index contributed by atoms with van der Waals surface area (Å²) in [5.41, 5.74) is 2.19. The van der Waals surface area contributed by atoms with Crippen LogP contribution >= 0.6 is 0 Å². The van der Waals surface area contributed by atoms with Crippen molar-refractivity contribution < 1.29 is 9.32 Å². The highest BCUT2D eigenvalue weighted by atomic mass is 16.5. The highest BCUT2D eigenvalue weighted by molar-refractivity contribution is 5.92. The second-order valence-corrected chi connectivity index (χ2v) is 5.80. The predicted octanol–water partition coefficient (Wildman–Crippen LogP) is 1.97. The van der Waals surface area contributed by atoms with Crippen molar-refractivity contribution in [3.63, 3.8) is 0 Å². The lowest BCUT2D eigenvalue weighted by Crippen LogP contribution is -2.35. The van der Waals surface area contributed by atoms with Crippen LogP contribution in [0.25, 0.3) is 10.9 Å². The largest absolute Gasteiger partial charge is 0.360 e. The molecule has 124 valence electrons. The fraction of sp³-hybridized carbons (Fsp3) is 0.294. The number of anilines is 1. The average molecular weight is 326 g/mol. The quantitative estimate of drug-likeness (QED) is 0.735. The molecule has 0 fully saturated rings. The molecule has 0 radical (unpaired) electrons. The van der Waals surface area contributed by atoms with Crippen molar-refractivity contribution in [2.45, 2.75) is 27.3 Å². The molecule has 0 aliphatic rings. The van der Waals surface area contributed by atoms with Crippen LogP contribution in [0.1, 0.15) is 17.0 Å². The van der Waals surface area contributed by atoms with Gasteiger partial charge in [-0.25, -0.2) is 4.68 Å².